The van der Waals surface area contributed by atoms with E-state index in [4.69, 9.17) is 4.74 Å². The maximum Gasteiger partial charge on any atom is 0.256 e. The monoisotopic (exact) mass is 367 g/mol. The van der Waals surface area contributed by atoms with Crippen molar-refractivity contribution >= 4 is 34.8 Å². The van der Waals surface area contributed by atoms with E-state index in [0.717, 1.165) is 0 Å². The van der Waals surface area contributed by atoms with Crippen LogP contribution < -0.4 is 20.3 Å². The second-order valence-electron chi connectivity index (χ2n) is 6.15. The van der Waals surface area contributed by atoms with E-state index in [1.165, 1.54) is 11.8 Å². The fourth-order valence-electron chi connectivity index (χ4n) is 2.93. The number of hydrogen-bond donors (Lipinski definition) is 2. The summed E-state index contributed by atoms with van der Waals surface area (Å²) < 4.78 is 5.38. The Labute approximate surface area is 157 Å². The van der Waals surface area contributed by atoms with Crippen LogP contribution in [0.15, 0.2) is 48.5 Å². The first-order valence-electron chi connectivity index (χ1n) is 8.71. The van der Waals surface area contributed by atoms with Gasteiger partial charge in [-0.25, -0.2) is 4.90 Å². The molecule has 1 aliphatic heterocycles. The van der Waals surface area contributed by atoms with Crippen LogP contribution in [0.3, 0.4) is 0 Å². The van der Waals surface area contributed by atoms with Gasteiger partial charge in [0, 0.05) is 18.3 Å². The van der Waals surface area contributed by atoms with Gasteiger partial charge in [0.25, 0.3) is 5.91 Å². The second-order valence-corrected chi connectivity index (χ2v) is 6.15. The normalized spacial score (nSPS) is 16.4. The summed E-state index contributed by atoms with van der Waals surface area (Å²) in [6.45, 7) is 3.87. The van der Waals surface area contributed by atoms with Crippen molar-refractivity contribution in [3.05, 3.63) is 48.5 Å². The average molecular weight is 367 g/mol. The molecule has 3 rings (SSSR count). The quantitative estimate of drug-likeness (QED) is 0.767. The molecule has 0 radical (unpaired) electrons. The maximum atomic E-state index is 12.7. The summed E-state index contributed by atoms with van der Waals surface area (Å²) in [5.41, 5.74) is 1.89. The molecule has 0 aliphatic carbocycles. The van der Waals surface area contributed by atoms with Crippen LogP contribution in [0.25, 0.3) is 0 Å². The van der Waals surface area contributed by atoms with Gasteiger partial charge in [0.2, 0.25) is 11.8 Å². The lowest BCUT2D eigenvalue weighted by Crippen LogP contribution is -2.34. The van der Waals surface area contributed by atoms with E-state index in [9.17, 15) is 14.4 Å². The summed E-state index contributed by atoms with van der Waals surface area (Å²) in [5.74, 6) is -0.0147. The summed E-state index contributed by atoms with van der Waals surface area (Å²) in [6, 6.07) is 13.2. The molecule has 1 atom stereocenters. The fraction of sp³-hybridized carbons (Fsp3) is 0.250. The standard InChI is InChI=1S/C20H21N3O4/c1-3-27-17-10-8-16(9-11-17)23-19(25)12-18(20(23)26)22-15-6-4-14(5-7-15)21-13(2)24/h4-11,18,22H,3,12H2,1-2H3,(H,21,24)/t18-/m1/s1. The van der Waals surface area contributed by atoms with E-state index in [-0.39, 0.29) is 24.1 Å². The molecule has 140 valence electrons. The van der Waals surface area contributed by atoms with Crippen molar-refractivity contribution in [2.24, 2.45) is 0 Å². The van der Waals surface area contributed by atoms with Crippen molar-refractivity contribution in [1.29, 1.82) is 0 Å². The summed E-state index contributed by atoms with van der Waals surface area (Å²) in [5, 5.41) is 5.76. The zero-order chi connectivity index (χ0) is 19.4. The van der Waals surface area contributed by atoms with Gasteiger partial charge in [-0.15, -0.1) is 0 Å². The van der Waals surface area contributed by atoms with Crippen LogP contribution in [0.1, 0.15) is 20.3 Å². The fourth-order valence-corrected chi connectivity index (χ4v) is 2.93. The Kier molecular flexibility index (Phi) is 5.40. The van der Waals surface area contributed by atoms with Gasteiger partial charge in [0.1, 0.15) is 11.8 Å². The van der Waals surface area contributed by atoms with Gasteiger partial charge in [-0.3, -0.25) is 14.4 Å². The van der Waals surface area contributed by atoms with Gasteiger partial charge >= 0.3 is 0 Å². The van der Waals surface area contributed by atoms with Crippen LogP contribution >= 0.6 is 0 Å². The Bertz CT molecular complexity index is 847. The molecule has 0 unspecified atom stereocenters. The van der Waals surface area contributed by atoms with E-state index >= 15 is 0 Å². The third-order valence-corrected chi connectivity index (χ3v) is 4.10. The number of nitrogens with one attached hydrogen (secondary N) is 2. The van der Waals surface area contributed by atoms with Gasteiger partial charge in [-0.1, -0.05) is 0 Å². The van der Waals surface area contributed by atoms with Crippen molar-refractivity contribution in [3.8, 4) is 5.75 Å². The van der Waals surface area contributed by atoms with E-state index in [2.05, 4.69) is 10.6 Å². The molecule has 2 N–H and O–H groups in total. The third-order valence-electron chi connectivity index (χ3n) is 4.10. The molecule has 0 bridgehead atoms. The molecule has 0 aromatic heterocycles. The van der Waals surface area contributed by atoms with Crippen LogP contribution in [-0.4, -0.2) is 30.4 Å². The molecule has 3 amide bonds. The summed E-state index contributed by atoms with van der Waals surface area (Å²) in [6.07, 6.45) is 0.0828. The van der Waals surface area contributed by atoms with Crippen LogP contribution in [0.5, 0.6) is 5.75 Å². The van der Waals surface area contributed by atoms with Gasteiger partial charge in [0.05, 0.1) is 18.7 Å². The highest BCUT2D eigenvalue weighted by Gasteiger charge is 2.39. The minimum atomic E-state index is -0.629. The van der Waals surface area contributed by atoms with Crippen LogP contribution in [0.2, 0.25) is 0 Å². The van der Waals surface area contributed by atoms with Gasteiger partial charge in [0.15, 0.2) is 0 Å². The molecular formula is C20H21N3O4. The first kappa shape index (κ1) is 18.4. The Morgan fingerprint density at radius 1 is 1.07 bits per heavy atom. The van der Waals surface area contributed by atoms with Crippen molar-refractivity contribution in [2.45, 2.75) is 26.3 Å². The molecule has 2 aromatic rings. The number of anilines is 3. The van der Waals surface area contributed by atoms with E-state index in [1.54, 1.807) is 48.5 Å². The Morgan fingerprint density at radius 2 is 1.70 bits per heavy atom. The second kappa shape index (κ2) is 7.90. The molecule has 7 nitrogen and oxygen atoms in total. The predicted molar refractivity (Wildman–Crippen MR) is 103 cm³/mol. The lowest BCUT2D eigenvalue weighted by atomic mass is 10.2. The highest BCUT2D eigenvalue weighted by atomic mass is 16.5. The molecular weight excluding hydrogens is 346 g/mol. The summed E-state index contributed by atoms with van der Waals surface area (Å²) >= 11 is 0. The van der Waals surface area contributed by atoms with Crippen molar-refractivity contribution in [2.75, 3.05) is 22.1 Å². The Morgan fingerprint density at radius 3 is 2.30 bits per heavy atom. The molecule has 0 spiro atoms. The molecule has 1 aliphatic rings. The van der Waals surface area contributed by atoms with E-state index in [0.29, 0.717) is 29.4 Å². The number of imide groups is 1. The van der Waals surface area contributed by atoms with E-state index < -0.39 is 6.04 Å². The zero-order valence-corrected chi connectivity index (χ0v) is 15.2. The number of nitrogens with zero attached hydrogens (tertiary/aromatic N) is 1. The largest absolute Gasteiger partial charge is 0.494 e. The number of rotatable bonds is 6. The van der Waals surface area contributed by atoms with E-state index in [1.807, 2.05) is 6.92 Å². The number of ether oxygens (including phenoxy) is 1. The Hall–Kier alpha value is -3.35. The number of carbonyl (C=O) groups excluding carboxylic acids is 3. The van der Waals surface area contributed by atoms with Crippen LogP contribution in [0, 0.1) is 0 Å². The molecule has 1 fully saturated rings. The molecule has 27 heavy (non-hydrogen) atoms. The van der Waals surface area contributed by atoms with Gasteiger partial charge < -0.3 is 15.4 Å². The molecule has 1 heterocycles. The highest BCUT2D eigenvalue weighted by molar-refractivity contribution is 6.23. The summed E-state index contributed by atoms with van der Waals surface area (Å²) in [4.78, 5) is 37.3. The van der Waals surface area contributed by atoms with Crippen molar-refractivity contribution in [3.63, 3.8) is 0 Å². The predicted octanol–water partition coefficient (Wildman–Crippen LogP) is 2.79. The van der Waals surface area contributed by atoms with Gasteiger partial charge in [-0.2, -0.15) is 0 Å². The zero-order valence-electron chi connectivity index (χ0n) is 15.2. The minimum absolute atomic E-state index is 0.0828. The van der Waals surface area contributed by atoms with Crippen molar-refractivity contribution < 1.29 is 19.1 Å². The van der Waals surface area contributed by atoms with Crippen LogP contribution in [0.4, 0.5) is 17.1 Å². The lowest BCUT2D eigenvalue weighted by Gasteiger charge is -2.16. The van der Waals surface area contributed by atoms with Crippen LogP contribution in [-0.2, 0) is 14.4 Å². The van der Waals surface area contributed by atoms with Gasteiger partial charge in [-0.05, 0) is 55.5 Å². The number of hydrogen-bond acceptors (Lipinski definition) is 5. The summed E-state index contributed by atoms with van der Waals surface area (Å²) in [7, 11) is 0. The molecule has 2 aromatic carbocycles. The first-order valence-corrected chi connectivity index (χ1v) is 8.71. The topological polar surface area (TPSA) is 87.7 Å². The highest BCUT2D eigenvalue weighted by Crippen LogP contribution is 2.27. The number of amides is 3. The number of carbonyl (C=O) groups is 3. The number of benzene rings is 2. The third kappa shape index (κ3) is 4.25. The first-order chi connectivity index (χ1) is 13.0. The minimum Gasteiger partial charge on any atom is -0.494 e. The maximum absolute atomic E-state index is 12.7. The smallest absolute Gasteiger partial charge is 0.256 e. The molecule has 1 saturated heterocycles. The van der Waals surface area contributed by atoms with Crippen molar-refractivity contribution in [1.82, 2.24) is 0 Å². The SMILES string of the molecule is CCOc1ccc(N2C(=O)C[C@@H](Nc3ccc(NC(C)=O)cc3)C2=O)cc1. The lowest BCUT2D eigenvalue weighted by molar-refractivity contribution is -0.121. The average Bonchev–Trinajstić information content (AvgIpc) is 2.91. The molecule has 0 saturated carbocycles. The Balaban J connectivity index is 1.69. The molecule has 7 heteroatoms.